The molecule has 1 amide bonds. The Labute approximate surface area is 201 Å². The highest BCUT2D eigenvalue weighted by Gasteiger charge is 2.43. The maximum Gasteiger partial charge on any atom is 0.416 e. The van der Waals surface area contributed by atoms with Gasteiger partial charge in [-0.15, -0.1) is 0 Å². The van der Waals surface area contributed by atoms with Crippen LogP contribution in [0.1, 0.15) is 41.7 Å². The van der Waals surface area contributed by atoms with Crippen molar-refractivity contribution in [1.82, 2.24) is 10.2 Å². The zero-order valence-electron chi connectivity index (χ0n) is 19.6. The number of benzene rings is 2. The van der Waals surface area contributed by atoms with E-state index in [0.29, 0.717) is 37.2 Å². The lowest BCUT2D eigenvalue weighted by atomic mass is 9.76. The third kappa shape index (κ3) is 6.05. The molecule has 2 aromatic rings. The first-order valence-electron chi connectivity index (χ1n) is 11.6. The fraction of sp³-hybridized carbons (Fsp3) is 0.480. The molecule has 2 heterocycles. The summed E-state index contributed by atoms with van der Waals surface area (Å²) in [6.07, 6.45) is -4.94. The highest BCUT2D eigenvalue weighted by molar-refractivity contribution is 5.67. The molecule has 0 saturated carbocycles. The van der Waals surface area contributed by atoms with Gasteiger partial charge in [-0.1, -0.05) is 12.1 Å². The number of halogens is 4. The minimum Gasteiger partial charge on any atom is -0.447 e. The van der Waals surface area contributed by atoms with Gasteiger partial charge in [0.25, 0.3) is 0 Å². The Morgan fingerprint density at radius 2 is 1.91 bits per heavy atom. The standard InChI is InChI=1S/C25H29F4N3O3/c1-32(2)12-11-30-24(33)34-14-18-8-9-19-22(15-3-6-17(26)7-4-15)31-21-10-5-16(25(27,28)29)13-20(21)23(19)35-18/h3-7,10,13,18-19,22-23,31H,8-9,11-12,14H2,1-2H3,(H,30,33)/t18-,19+,22+,23+/m1/s1. The first-order chi connectivity index (χ1) is 16.6. The van der Waals surface area contributed by atoms with Gasteiger partial charge in [-0.2, -0.15) is 13.2 Å². The Balaban J connectivity index is 1.53. The number of nitrogens with one attached hydrogen (secondary N) is 2. The van der Waals surface area contributed by atoms with Crippen LogP contribution in [0.4, 0.5) is 28.0 Å². The molecular formula is C25H29F4N3O3. The third-order valence-corrected chi connectivity index (χ3v) is 6.43. The van der Waals surface area contributed by atoms with Crippen molar-refractivity contribution in [2.45, 2.75) is 37.3 Å². The average molecular weight is 496 g/mol. The summed E-state index contributed by atoms with van der Waals surface area (Å²) in [5, 5.41) is 6.00. The number of carbonyl (C=O) groups excluding carboxylic acids is 1. The van der Waals surface area contributed by atoms with E-state index in [4.69, 9.17) is 9.47 Å². The first kappa shape index (κ1) is 25.2. The number of fused-ring (bicyclic) bond motifs is 3. The number of anilines is 1. The number of likely N-dealkylation sites (N-methyl/N-ethyl adjacent to an activating group) is 1. The Hall–Kier alpha value is -2.85. The third-order valence-electron chi connectivity index (χ3n) is 6.43. The topological polar surface area (TPSA) is 62.8 Å². The van der Waals surface area contributed by atoms with Gasteiger partial charge < -0.3 is 25.0 Å². The molecule has 2 aliphatic heterocycles. The number of ether oxygens (including phenoxy) is 2. The summed E-state index contributed by atoms with van der Waals surface area (Å²) in [4.78, 5) is 13.9. The van der Waals surface area contributed by atoms with E-state index in [1.807, 2.05) is 19.0 Å². The number of amides is 1. The van der Waals surface area contributed by atoms with Crippen molar-refractivity contribution in [3.05, 3.63) is 65.0 Å². The predicted molar refractivity (Wildman–Crippen MR) is 122 cm³/mol. The van der Waals surface area contributed by atoms with Crippen molar-refractivity contribution in [3.8, 4) is 0 Å². The summed E-state index contributed by atoms with van der Waals surface area (Å²) in [5.41, 5.74) is 1.03. The smallest absolute Gasteiger partial charge is 0.416 e. The zero-order chi connectivity index (χ0) is 25.2. The molecule has 0 unspecified atom stereocenters. The van der Waals surface area contributed by atoms with Crippen LogP contribution in [0.25, 0.3) is 0 Å². The number of nitrogens with zero attached hydrogens (tertiary/aromatic N) is 1. The molecule has 4 rings (SSSR count). The van der Waals surface area contributed by atoms with E-state index in [0.717, 1.165) is 17.7 Å². The van der Waals surface area contributed by atoms with Gasteiger partial charge in [-0.05, 0) is 62.8 Å². The summed E-state index contributed by atoms with van der Waals surface area (Å²) in [6.45, 7) is 1.09. The fourth-order valence-electron chi connectivity index (χ4n) is 4.66. The van der Waals surface area contributed by atoms with Gasteiger partial charge in [0.1, 0.15) is 12.4 Å². The summed E-state index contributed by atoms with van der Waals surface area (Å²) in [5.74, 6) is -0.543. The molecule has 4 atom stereocenters. The van der Waals surface area contributed by atoms with Crippen LogP contribution in [-0.2, 0) is 15.7 Å². The van der Waals surface area contributed by atoms with Crippen LogP contribution in [0.15, 0.2) is 42.5 Å². The SMILES string of the molecule is CN(C)CCNC(=O)OC[C@H]1CC[C@@H]2[C@H](O1)c1cc(C(F)(F)F)ccc1N[C@H]2c1ccc(F)cc1. The van der Waals surface area contributed by atoms with Crippen molar-refractivity contribution in [2.75, 3.05) is 39.1 Å². The van der Waals surface area contributed by atoms with Crippen LogP contribution in [0.5, 0.6) is 0 Å². The van der Waals surface area contributed by atoms with Gasteiger partial charge in [-0.3, -0.25) is 0 Å². The number of hydrogen-bond acceptors (Lipinski definition) is 5. The second-order valence-electron chi connectivity index (χ2n) is 9.22. The van der Waals surface area contributed by atoms with Gasteiger partial charge >= 0.3 is 12.3 Å². The van der Waals surface area contributed by atoms with Crippen LogP contribution in [0, 0.1) is 11.7 Å². The maximum atomic E-state index is 13.5. The molecule has 0 aliphatic carbocycles. The minimum atomic E-state index is -4.49. The first-order valence-corrected chi connectivity index (χ1v) is 11.6. The van der Waals surface area contributed by atoms with E-state index >= 15 is 0 Å². The number of carbonyl (C=O) groups is 1. The van der Waals surface area contributed by atoms with Crippen LogP contribution in [0.3, 0.4) is 0 Å². The second kappa shape index (κ2) is 10.4. The molecule has 1 saturated heterocycles. The highest BCUT2D eigenvalue weighted by Crippen LogP contribution is 2.51. The Bertz CT molecular complexity index is 1030. The van der Waals surface area contributed by atoms with Crippen molar-refractivity contribution in [3.63, 3.8) is 0 Å². The monoisotopic (exact) mass is 495 g/mol. The molecule has 6 nitrogen and oxygen atoms in total. The summed E-state index contributed by atoms with van der Waals surface area (Å²) >= 11 is 0. The van der Waals surface area contributed by atoms with Crippen LogP contribution < -0.4 is 10.6 Å². The number of rotatable bonds is 6. The van der Waals surface area contributed by atoms with E-state index in [9.17, 15) is 22.4 Å². The summed E-state index contributed by atoms with van der Waals surface area (Å²) in [6, 6.07) is 9.38. The van der Waals surface area contributed by atoms with Gasteiger partial charge in [0.05, 0.1) is 23.8 Å². The van der Waals surface area contributed by atoms with Gasteiger partial charge in [0, 0.05) is 30.3 Å². The van der Waals surface area contributed by atoms with E-state index in [1.54, 1.807) is 12.1 Å². The number of alkyl halides is 3. The Morgan fingerprint density at radius 3 is 2.60 bits per heavy atom. The van der Waals surface area contributed by atoms with Crippen LogP contribution >= 0.6 is 0 Å². The number of hydrogen-bond donors (Lipinski definition) is 2. The van der Waals surface area contributed by atoms with Gasteiger partial charge in [0.2, 0.25) is 0 Å². The molecule has 0 aromatic heterocycles. The van der Waals surface area contributed by atoms with E-state index in [-0.39, 0.29) is 24.4 Å². The van der Waals surface area contributed by atoms with Gasteiger partial charge in [-0.25, -0.2) is 9.18 Å². The highest BCUT2D eigenvalue weighted by atomic mass is 19.4. The molecule has 2 aromatic carbocycles. The predicted octanol–water partition coefficient (Wildman–Crippen LogP) is 5.14. The fourth-order valence-corrected chi connectivity index (χ4v) is 4.66. The van der Waals surface area contributed by atoms with Crippen LogP contribution in [-0.4, -0.2) is 50.9 Å². The van der Waals surface area contributed by atoms with E-state index in [2.05, 4.69) is 10.6 Å². The summed E-state index contributed by atoms with van der Waals surface area (Å²) in [7, 11) is 3.78. The molecule has 0 bridgehead atoms. The molecule has 10 heteroatoms. The lowest BCUT2D eigenvalue weighted by Crippen LogP contribution is -2.41. The molecule has 35 heavy (non-hydrogen) atoms. The maximum absolute atomic E-state index is 13.5. The minimum absolute atomic E-state index is 0.0000437. The quantitative estimate of drug-likeness (QED) is 0.544. The zero-order valence-corrected chi connectivity index (χ0v) is 19.6. The normalized spacial score (nSPS) is 23.7. The lowest BCUT2D eigenvalue weighted by molar-refractivity contribution is -0.138. The van der Waals surface area contributed by atoms with E-state index in [1.165, 1.54) is 18.2 Å². The molecular weight excluding hydrogens is 466 g/mol. The molecule has 190 valence electrons. The second-order valence-corrected chi connectivity index (χ2v) is 9.22. The van der Waals surface area contributed by atoms with Crippen molar-refractivity contribution in [1.29, 1.82) is 0 Å². The lowest BCUT2D eigenvalue weighted by Gasteiger charge is -2.45. The molecule has 1 fully saturated rings. The summed E-state index contributed by atoms with van der Waals surface area (Å²) < 4.78 is 65.4. The Morgan fingerprint density at radius 1 is 1.17 bits per heavy atom. The van der Waals surface area contributed by atoms with Crippen molar-refractivity contribution >= 4 is 11.8 Å². The largest absolute Gasteiger partial charge is 0.447 e. The molecule has 2 aliphatic rings. The Kier molecular flexibility index (Phi) is 7.51. The molecule has 0 spiro atoms. The van der Waals surface area contributed by atoms with Crippen LogP contribution in [0.2, 0.25) is 0 Å². The van der Waals surface area contributed by atoms with E-state index < -0.39 is 30.0 Å². The molecule has 2 N–H and O–H groups in total. The molecule has 0 radical (unpaired) electrons. The average Bonchev–Trinajstić information content (AvgIpc) is 2.81. The van der Waals surface area contributed by atoms with Crippen molar-refractivity contribution in [2.24, 2.45) is 5.92 Å². The van der Waals surface area contributed by atoms with Crippen molar-refractivity contribution < 1.29 is 31.8 Å². The van der Waals surface area contributed by atoms with Gasteiger partial charge in [0.15, 0.2) is 0 Å². The number of alkyl carbamates (subject to hydrolysis) is 1.